The van der Waals surface area contributed by atoms with E-state index in [1.807, 2.05) is 48.2 Å². The zero-order valence-electron chi connectivity index (χ0n) is 14.7. The van der Waals surface area contributed by atoms with E-state index in [0.717, 1.165) is 28.6 Å². The maximum atomic E-state index is 11.9. The first-order valence-corrected chi connectivity index (χ1v) is 10.8. The van der Waals surface area contributed by atoms with Gasteiger partial charge >= 0.3 is 0 Å². The van der Waals surface area contributed by atoms with Crippen LogP contribution in [0.3, 0.4) is 0 Å². The molecule has 0 aromatic heterocycles. The van der Waals surface area contributed by atoms with Crippen LogP contribution in [0.1, 0.15) is 16.7 Å². The predicted octanol–water partition coefficient (Wildman–Crippen LogP) is 3.87. The molecule has 1 fully saturated rings. The van der Waals surface area contributed by atoms with Crippen LogP contribution in [0.4, 0.5) is 0 Å². The van der Waals surface area contributed by atoms with Crippen molar-refractivity contribution in [3.63, 3.8) is 0 Å². The van der Waals surface area contributed by atoms with Crippen molar-refractivity contribution in [2.24, 2.45) is 5.10 Å². The summed E-state index contributed by atoms with van der Waals surface area (Å²) in [5.74, 6) is 4.05. The van der Waals surface area contributed by atoms with Crippen molar-refractivity contribution in [1.82, 2.24) is 5.43 Å². The van der Waals surface area contributed by atoms with Gasteiger partial charge in [-0.15, -0.1) is 11.8 Å². The van der Waals surface area contributed by atoms with Gasteiger partial charge in [0.15, 0.2) is 0 Å². The fourth-order valence-electron chi connectivity index (χ4n) is 2.38. The van der Waals surface area contributed by atoms with Crippen molar-refractivity contribution >= 4 is 35.6 Å². The maximum Gasteiger partial charge on any atom is 0.250 e. The summed E-state index contributed by atoms with van der Waals surface area (Å²) in [6.07, 6.45) is 1.96. The number of nitrogens with zero attached hydrogens (tertiary/aromatic N) is 1. The Morgan fingerprint density at radius 1 is 1.31 bits per heavy atom. The monoisotopic (exact) mass is 386 g/mol. The van der Waals surface area contributed by atoms with Gasteiger partial charge in [0.25, 0.3) is 0 Å². The Morgan fingerprint density at radius 2 is 2.15 bits per heavy atom. The molecule has 6 heteroatoms. The fraction of sp³-hybridized carbons (Fsp3) is 0.300. The molecule has 0 aliphatic carbocycles. The lowest BCUT2D eigenvalue weighted by Gasteiger charge is -2.25. The molecule has 1 N–H and O–H groups in total. The number of hydrazone groups is 1. The number of carbonyl (C=O) groups excluding carboxylic acids is 1. The van der Waals surface area contributed by atoms with Crippen LogP contribution in [0.25, 0.3) is 0 Å². The zero-order chi connectivity index (χ0) is 18.2. The standard InChI is InChI=1S/C20H22N2O2S2/c1-15-5-2-3-7-17(15)11-25-14-20(23)22-21-10-16-6-4-8-18(9-16)24-19-12-26-13-19/h2-10,19H,11-14H2,1H3,(H,22,23)/b21-10-. The number of benzene rings is 2. The van der Waals surface area contributed by atoms with Crippen molar-refractivity contribution in [2.75, 3.05) is 17.3 Å². The van der Waals surface area contributed by atoms with Crippen molar-refractivity contribution in [3.8, 4) is 5.75 Å². The lowest BCUT2D eigenvalue weighted by atomic mass is 10.1. The van der Waals surface area contributed by atoms with E-state index in [2.05, 4.69) is 29.6 Å². The number of ether oxygens (including phenoxy) is 1. The van der Waals surface area contributed by atoms with Gasteiger partial charge in [-0.05, 0) is 35.7 Å². The van der Waals surface area contributed by atoms with Crippen LogP contribution in [0.15, 0.2) is 53.6 Å². The molecule has 0 radical (unpaired) electrons. The quantitative estimate of drug-likeness (QED) is 0.553. The van der Waals surface area contributed by atoms with Gasteiger partial charge in [0.1, 0.15) is 11.9 Å². The van der Waals surface area contributed by atoms with E-state index < -0.39 is 0 Å². The summed E-state index contributed by atoms with van der Waals surface area (Å²) in [5.41, 5.74) is 6.00. The lowest BCUT2D eigenvalue weighted by Crippen LogP contribution is -2.31. The normalized spacial score (nSPS) is 14.2. The Labute approximate surface area is 162 Å². The third-order valence-corrected chi connectivity index (χ3v) is 6.12. The first-order chi connectivity index (χ1) is 12.7. The van der Waals surface area contributed by atoms with Gasteiger partial charge in [0, 0.05) is 17.3 Å². The highest BCUT2D eigenvalue weighted by atomic mass is 32.2. The van der Waals surface area contributed by atoms with Crippen LogP contribution in [0.2, 0.25) is 0 Å². The van der Waals surface area contributed by atoms with E-state index in [9.17, 15) is 4.79 Å². The highest BCUT2D eigenvalue weighted by Gasteiger charge is 2.19. The largest absolute Gasteiger partial charge is 0.489 e. The molecule has 2 aromatic rings. The summed E-state index contributed by atoms with van der Waals surface area (Å²) >= 11 is 3.48. The number of carbonyl (C=O) groups is 1. The Kier molecular flexibility index (Phi) is 7.03. The van der Waals surface area contributed by atoms with Crippen LogP contribution in [-0.2, 0) is 10.5 Å². The van der Waals surface area contributed by atoms with E-state index >= 15 is 0 Å². The zero-order valence-corrected chi connectivity index (χ0v) is 16.3. The topological polar surface area (TPSA) is 50.7 Å². The number of hydrogen-bond acceptors (Lipinski definition) is 5. The molecular weight excluding hydrogens is 364 g/mol. The molecular formula is C20H22N2O2S2. The third kappa shape index (κ3) is 5.81. The molecule has 3 rings (SSSR count). The summed E-state index contributed by atoms with van der Waals surface area (Å²) in [4.78, 5) is 11.9. The molecule has 1 amide bonds. The summed E-state index contributed by atoms with van der Waals surface area (Å²) in [7, 11) is 0. The molecule has 0 bridgehead atoms. The molecule has 136 valence electrons. The van der Waals surface area contributed by atoms with Gasteiger partial charge in [-0.1, -0.05) is 36.4 Å². The van der Waals surface area contributed by atoms with Crippen LogP contribution in [0.5, 0.6) is 5.75 Å². The second-order valence-electron chi connectivity index (χ2n) is 6.06. The van der Waals surface area contributed by atoms with Crippen LogP contribution >= 0.6 is 23.5 Å². The van der Waals surface area contributed by atoms with Crippen molar-refractivity contribution in [2.45, 2.75) is 18.8 Å². The first kappa shape index (κ1) is 18.9. The van der Waals surface area contributed by atoms with Crippen LogP contribution in [-0.4, -0.2) is 35.5 Å². The van der Waals surface area contributed by atoms with E-state index in [1.165, 1.54) is 11.1 Å². The molecule has 26 heavy (non-hydrogen) atoms. The average molecular weight is 387 g/mol. The van der Waals surface area contributed by atoms with Gasteiger partial charge in [0.05, 0.1) is 12.0 Å². The third-order valence-electron chi connectivity index (χ3n) is 3.92. The highest BCUT2D eigenvalue weighted by Crippen LogP contribution is 2.24. The molecule has 0 unspecified atom stereocenters. The maximum absolute atomic E-state index is 11.9. The number of nitrogens with one attached hydrogen (secondary N) is 1. The minimum atomic E-state index is -0.0984. The van der Waals surface area contributed by atoms with E-state index in [-0.39, 0.29) is 5.91 Å². The summed E-state index contributed by atoms with van der Waals surface area (Å²) in [5, 5.41) is 4.04. The van der Waals surface area contributed by atoms with Crippen LogP contribution in [0, 0.1) is 6.92 Å². The molecule has 1 heterocycles. The minimum absolute atomic E-state index is 0.0984. The van der Waals surface area contributed by atoms with Gasteiger partial charge in [-0.2, -0.15) is 16.9 Å². The Morgan fingerprint density at radius 3 is 2.92 bits per heavy atom. The number of rotatable bonds is 8. The van der Waals surface area contributed by atoms with E-state index in [4.69, 9.17) is 4.74 Å². The van der Waals surface area contributed by atoms with Gasteiger partial charge < -0.3 is 4.74 Å². The summed E-state index contributed by atoms with van der Waals surface area (Å²) < 4.78 is 5.85. The lowest BCUT2D eigenvalue weighted by molar-refractivity contribution is -0.118. The molecule has 0 saturated carbocycles. The highest BCUT2D eigenvalue weighted by molar-refractivity contribution is 8.00. The molecule has 1 saturated heterocycles. The number of amides is 1. The smallest absolute Gasteiger partial charge is 0.250 e. The Hall–Kier alpha value is -1.92. The van der Waals surface area contributed by atoms with E-state index in [1.54, 1.807) is 18.0 Å². The van der Waals surface area contributed by atoms with Crippen molar-refractivity contribution < 1.29 is 9.53 Å². The number of hydrogen-bond donors (Lipinski definition) is 1. The van der Waals surface area contributed by atoms with E-state index in [0.29, 0.717) is 11.9 Å². The van der Waals surface area contributed by atoms with Crippen molar-refractivity contribution in [1.29, 1.82) is 0 Å². The van der Waals surface area contributed by atoms with Gasteiger partial charge in [0.2, 0.25) is 5.91 Å². The summed E-state index contributed by atoms with van der Waals surface area (Å²) in [6, 6.07) is 16.0. The molecule has 1 aliphatic heterocycles. The van der Waals surface area contributed by atoms with Crippen molar-refractivity contribution in [3.05, 3.63) is 65.2 Å². The Bertz CT molecular complexity index is 776. The second-order valence-corrected chi connectivity index (χ2v) is 8.12. The van der Waals surface area contributed by atoms with Crippen LogP contribution < -0.4 is 10.2 Å². The average Bonchev–Trinajstić information content (AvgIpc) is 2.60. The molecule has 2 aromatic carbocycles. The molecule has 4 nitrogen and oxygen atoms in total. The number of thioether (sulfide) groups is 2. The molecule has 0 spiro atoms. The van der Waals surface area contributed by atoms with Gasteiger partial charge in [-0.25, -0.2) is 5.43 Å². The SMILES string of the molecule is Cc1ccccc1CSCC(=O)N/N=C\c1cccc(OC2CSC2)c1. The van der Waals surface area contributed by atoms with Gasteiger partial charge in [-0.3, -0.25) is 4.79 Å². The predicted molar refractivity (Wildman–Crippen MR) is 111 cm³/mol. The molecule has 1 aliphatic rings. The molecule has 0 atom stereocenters. The second kappa shape index (κ2) is 9.69. The number of aryl methyl sites for hydroxylation is 1. The summed E-state index contributed by atoms with van der Waals surface area (Å²) in [6.45, 7) is 2.09. The minimum Gasteiger partial charge on any atom is -0.489 e. The fourth-order valence-corrected chi connectivity index (χ4v) is 3.84. The Balaban J connectivity index is 1.41. The first-order valence-electron chi connectivity index (χ1n) is 8.49.